The van der Waals surface area contributed by atoms with Crippen molar-refractivity contribution in [3.05, 3.63) is 32.9 Å². The van der Waals surface area contributed by atoms with Crippen LogP contribution >= 0.6 is 22.6 Å². The summed E-state index contributed by atoms with van der Waals surface area (Å²) in [6.45, 7) is 5.56. The maximum absolute atomic E-state index is 13.0. The first-order valence-corrected chi connectivity index (χ1v) is 8.94. The molecule has 1 amide bonds. The summed E-state index contributed by atoms with van der Waals surface area (Å²) in [5, 5.41) is 0. The van der Waals surface area contributed by atoms with Crippen molar-refractivity contribution in [2.75, 3.05) is 13.1 Å². The molecule has 0 heterocycles. The number of nitrogens with zero attached hydrogens (tertiary/aromatic N) is 1. The Kier molecular flexibility index (Phi) is 6.05. The van der Waals surface area contributed by atoms with E-state index >= 15 is 0 Å². The molecule has 1 aromatic rings. The summed E-state index contributed by atoms with van der Waals surface area (Å²) in [4.78, 5) is 15.0. The van der Waals surface area contributed by atoms with Gasteiger partial charge >= 0.3 is 0 Å². The van der Waals surface area contributed by atoms with Gasteiger partial charge in [0.15, 0.2) is 0 Å². The van der Waals surface area contributed by atoms with Gasteiger partial charge in [-0.2, -0.15) is 0 Å². The number of carbonyl (C=O) groups is 1. The lowest BCUT2D eigenvalue weighted by atomic mass is 9.83. The van der Waals surface area contributed by atoms with E-state index in [-0.39, 0.29) is 5.91 Å². The molecule has 2 atom stereocenters. The Balaban J connectivity index is 2.27. The number of amides is 1. The summed E-state index contributed by atoms with van der Waals surface area (Å²) in [7, 11) is 0. The molecule has 0 saturated heterocycles. The van der Waals surface area contributed by atoms with E-state index in [1.54, 1.807) is 0 Å². The second-order valence-electron chi connectivity index (χ2n) is 5.88. The van der Waals surface area contributed by atoms with E-state index in [2.05, 4.69) is 42.5 Å². The molecule has 2 unspecified atom stereocenters. The van der Waals surface area contributed by atoms with Crippen LogP contribution in [0, 0.1) is 16.4 Å². The number of nitrogens with two attached hydrogens (primary N) is 1. The summed E-state index contributed by atoms with van der Waals surface area (Å²) in [5.74, 6) is 0.612. The standard InChI is InChI=1S/C17H25IN2O/c1-3-20(15-10-5-4-8-13(15)11-19)17(21)14-9-6-7-12(2)16(14)18/h6-7,9,13,15H,3-5,8,10-11,19H2,1-2H3. The molecule has 0 aliphatic heterocycles. The van der Waals surface area contributed by atoms with E-state index in [1.807, 2.05) is 17.0 Å². The van der Waals surface area contributed by atoms with Gasteiger partial charge in [-0.05, 0) is 73.4 Å². The largest absolute Gasteiger partial charge is 0.336 e. The first-order chi connectivity index (χ1) is 10.1. The van der Waals surface area contributed by atoms with Crippen molar-refractivity contribution in [1.82, 2.24) is 4.90 Å². The van der Waals surface area contributed by atoms with E-state index in [0.29, 0.717) is 18.5 Å². The SMILES string of the molecule is CCN(C(=O)c1cccc(C)c1I)C1CCCCC1CN. The molecule has 2 rings (SSSR count). The molecule has 3 nitrogen and oxygen atoms in total. The van der Waals surface area contributed by atoms with Crippen LogP contribution < -0.4 is 5.73 Å². The van der Waals surface area contributed by atoms with E-state index < -0.39 is 0 Å². The molecule has 4 heteroatoms. The Hall–Kier alpha value is -0.620. The predicted octanol–water partition coefficient (Wildman–Crippen LogP) is 3.58. The summed E-state index contributed by atoms with van der Waals surface area (Å²) < 4.78 is 1.07. The smallest absolute Gasteiger partial charge is 0.255 e. The third-order valence-corrected chi connectivity index (χ3v) is 6.03. The predicted molar refractivity (Wildman–Crippen MR) is 95.4 cm³/mol. The van der Waals surface area contributed by atoms with Crippen molar-refractivity contribution >= 4 is 28.5 Å². The Labute approximate surface area is 141 Å². The zero-order valence-electron chi connectivity index (χ0n) is 12.9. The molecule has 1 aromatic carbocycles. The lowest BCUT2D eigenvalue weighted by molar-refractivity contribution is 0.0559. The molecule has 0 radical (unpaired) electrons. The molecular weight excluding hydrogens is 375 g/mol. The minimum Gasteiger partial charge on any atom is -0.336 e. The molecule has 1 aliphatic carbocycles. The highest BCUT2D eigenvalue weighted by atomic mass is 127. The Morgan fingerprint density at radius 3 is 2.76 bits per heavy atom. The maximum Gasteiger partial charge on any atom is 0.255 e. The summed E-state index contributed by atoms with van der Waals surface area (Å²) in [6, 6.07) is 6.27. The number of benzene rings is 1. The molecule has 1 fully saturated rings. The number of hydrogen-bond donors (Lipinski definition) is 1. The lowest BCUT2D eigenvalue weighted by Gasteiger charge is -2.39. The van der Waals surface area contributed by atoms with Gasteiger partial charge in [-0.15, -0.1) is 0 Å². The van der Waals surface area contributed by atoms with Gasteiger partial charge in [0.25, 0.3) is 5.91 Å². The van der Waals surface area contributed by atoms with Gasteiger partial charge < -0.3 is 10.6 Å². The lowest BCUT2D eigenvalue weighted by Crippen LogP contribution is -2.48. The second kappa shape index (κ2) is 7.58. The highest BCUT2D eigenvalue weighted by molar-refractivity contribution is 14.1. The fourth-order valence-electron chi connectivity index (χ4n) is 3.37. The Morgan fingerprint density at radius 1 is 1.38 bits per heavy atom. The molecule has 21 heavy (non-hydrogen) atoms. The Morgan fingerprint density at radius 2 is 2.10 bits per heavy atom. The molecule has 2 N–H and O–H groups in total. The quantitative estimate of drug-likeness (QED) is 0.786. The number of aryl methyl sites for hydroxylation is 1. The molecule has 0 aromatic heterocycles. The van der Waals surface area contributed by atoms with Crippen LogP contribution in [0.4, 0.5) is 0 Å². The monoisotopic (exact) mass is 400 g/mol. The van der Waals surface area contributed by atoms with Crippen LogP contribution in [0.2, 0.25) is 0 Å². The summed E-state index contributed by atoms with van der Waals surface area (Å²) >= 11 is 2.28. The average molecular weight is 400 g/mol. The van der Waals surface area contributed by atoms with Crippen LogP contribution in [0.15, 0.2) is 18.2 Å². The van der Waals surface area contributed by atoms with Crippen molar-refractivity contribution < 1.29 is 4.79 Å². The van der Waals surface area contributed by atoms with Crippen LogP contribution in [0.3, 0.4) is 0 Å². The van der Waals surface area contributed by atoms with Gasteiger partial charge in [0.05, 0.1) is 5.56 Å². The normalized spacial score (nSPS) is 22.1. The third kappa shape index (κ3) is 3.59. The average Bonchev–Trinajstić information content (AvgIpc) is 2.51. The molecule has 0 bridgehead atoms. The van der Waals surface area contributed by atoms with Crippen LogP contribution in [-0.2, 0) is 0 Å². The van der Waals surface area contributed by atoms with Gasteiger partial charge in [0, 0.05) is 16.2 Å². The highest BCUT2D eigenvalue weighted by Crippen LogP contribution is 2.29. The number of rotatable bonds is 4. The van der Waals surface area contributed by atoms with Gasteiger partial charge in [-0.1, -0.05) is 25.0 Å². The molecule has 0 spiro atoms. The van der Waals surface area contributed by atoms with Crippen molar-refractivity contribution in [1.29, 1.82) is 0 Å². The second-order valence-corrected chi connectivity index (χ2v) is 6.95. The van der Waals surface area contributed by atoms with Gasteiger partial charge in [-0.25, -0.2) is 0 Å². The van der Waals surface area contributed by atoms with E-state index in [1.165, 1.54) is 12.8 Å². The van der Waals surface area contributed by atoms with E-state index in [9.17, 15) is 4.79 Å². The van der Waals surface area contributed by atoms with Gasteiger partial charge in [0.1, 0.15) is 0 Å². The van der Waals surface area contributed by atoms with Crippen LogP contribution in [-0.4, -0.2) is 29.9 Å². The first kappa shape index (κ1) is 16.7. The van der Waals surface area contributed by atoms with Gasteiger partial charge in [-0.3, -0.25) is 4.79 Å². The fourth-order valence-corrected chi connectivity index (χ4v) is 3.96. The minimum atomic E-state index is 0.163. The maximum atomic E-state index is 13.0. The first-order valence-electron chi connectivity index (χ1n) is 7.86. The number of carbonyl (C=O) groups excluding carboxylic acids is 1. The number of hydrogen-bond acceptors (Lipinski definition) is 2. The zero-order valence-corrected chi connectivity index (χ0v) is 15.1. The minimum absolute atomic E-state index is 0.163. The molecular formula is C17H25IN2O. The fraction of sp³-hybridized carbons (Fsp3) is 0.588. The summed E-state index contributed by atoms with van der Waals surface area (Å²) in [5.41, 5.74) is 7.94. The van der Waals surface area contributed by atoms with Crippen molar-refractivity contribution in [3.8, 4) is 0 Å². The molecule has 1 aliphatic rings. The Bertz CT molecular complexity index is 504. The molecule has 1 saturated carbocycles. The highest BCUT2D eigenvalue weighted by Gasteiger charge is 2.32. The zero-order chi connectivity index (χ0) is 15.4. The van der Waals surface area contributed by atoms with Crippen LogP contribution in [0.1, 0.15) is 48.5 Å². The topological polar surface area (TPSA) is 46.3 Å². The third-order valence-electron chi connectivity index (χ3n) is 4.60. The van der Waals surface area contributed by atoms with Crippen LogP contribution in [0.25, 0.3) is 0 Å². The van der Waals surface area contributed by atoms with Crippen LogP contribution in [0.5, 0.6) is 0 Å². The molecule has 116 valence electrons. The van der Waals surface area contributed by atoms with Crippen molar-refractivity contribution in [2.24, 2.45) is 11.7 Å². The number of halogens is 1. The van der Waals surface area contributed by atoms with E-state index in [0.717, 1.165) is 34.1 Å². The van der Waals surface area contributed by atoms with Crippen molar-refractivity contribution in [3.63, 3.8) is 0 Å². The van der Waals surface area contributed by atoms with E-state index in [4.69, 9.17) is 5.73 Å². The summed E-state index contributed by atoms with van der Waals surface area (Å²) in [6.07, 6.45) is 4.68. The van der Waals surface area contributed by atoms with Crippen molar-refractivity contribution in [2.45, 2.75) is 45.6 Å². The van der Waals surface area contributed by atoms with Gasteiger partial charge in [0.2, 0.25) is 0 Å².